The summed E-state index contributed by atoms with van der Waals surface area (Å²) in [4.78, 5) is 22.8. The molecule has 1 unspecified atom stereocenters. The van der Waals surface area contributed by atoms with Gasteiger partial charge in [0.2, 0.25) is 0 Å². The summed E-state index contributed by atoms with van der Waals surface area (Å²) in [5.74, 6) is 0.430. The second kappa shape index (κ2) is 5.72. The molecular weight excluding hydrogens is 256 g/mol. The maximum Gasteiger partial charge on any atom is 0.274 e. The monoisotopic (exact) mass is 276 g/mol. The molecule has 2 aromatic rings. The Morgan fingerprint density at radius 2 is 2.35 bits per heavy atom. The van der Waals surface area contributed by atoms with Crippen molar-refractivity contribution in [1.29, 1.82) is 0 Å². The first-order valence-corrected chi connectivity index (χ1v) is 7.14. The van der Waals surface area contributed by atoms with Gasteiger partial charge in [0.05, 0.1) is 5.69 Å². The van der Waals surface area contributed by atoms with Crippen LogP contribution in [-0.4, -0.2) is 43.6 Å². The number of hydrogen-bond donors (Lipinski definition) is 2. The molecule has 0 amide bonds. The number of rotatable bonds is 4. The molecule has 1 aliphatic rings. The molecule has 108 valence electrons. The number of nitrogens with zero attached hydrogens (tertiary/aromatic N) is 4. The minimum Gasteiger partial charge on any atom is -0.330 e. The molecule has 3 rings (SSSR count). The van der Waals surface area contributed by atoms with E-state index >= 15 is 0 Å². The van der Waals surface area contributed by atoms with Gasteiger partial charge in [-0.3, -0.25) is 14.8 Å². The number of piperidine rings is 1. The lowest BCUT2D eigenvalue weighted by molar-refractivity contribution is 0.132. The van der Waals surface area contributed by atoms with Gasteiger partial charge in [-0.05, 0) is 32.4 Å². The van der Waals surface area contributed by atoms with E-state index in [-0.39, 0.29) is 5.56 Å². The molecule has 20 heavy (non-hydrogen) atoms. The molecule has 0 saturated carbocycles. The maximum absolute atomic E-state index is 11.9. The van der Waals surface area contributed by atoms with Crippen molar-refractivity contribution in [2.24, 2.45) is 5.73 Å². The number of fused-ring (bicyclic) bond motifs is 1. The van der Waals surface area contributed by atoms with E-state index in [0.29, 0.717) is 24.9 Å². The SMILES string of the molecule is NCCC1CCCCN1Cc1cc(=O)n2[nH]cnc2n1. The number of H-pyrrole nitrogens is 1. The largest absolute Gasteiger partial charge is 0.330 e. The van der Waals surface area contributed by atoms with E-state index in [1.165, 1.54) is 30.1 Å². The van der Waals surface area contributed by atoms with Crippen LogP contribution in [0.15, 0.2) is 17.2 Å². The fourth-order valence-corrected chi connectivity index (χ4v) is 2.95. The Labute approximate surface area is 116 Å². The number of nitrogens with two attached hydrogens (primary N) is 1. The van der Waals surface area contributed by atoms with Crippen LogP contribution in [0.1, 0.15) is 31.4 Å². The fraction of sp³-hybridized carbons (Fsp3) is 0.615. The van der Waals surface area contributed by atoms with Crippen LogP contribution in [0.25, 0.3) is 5.78 Å². The highest BCUT2D eigenvalue weighted by Gasteiger charge is 2.22. The van der Waals surface area contributed by atoms with E-state index in [0.717, 1.165) is 18.7 Å². The standard InChI is InChI=1S/C13H20N6O/c14-5-4-11-3-1-2-6-18(11)8-10-7-12(20)19-13(17-10)15-9-16-19/h7,9,11H,1-6,8,14H2,(H,15,16,17). The molecule has 0 bridgehead atoms. The Hall–Kier alpha value is -1.73. The predicted octanol–water partition coefficient (Wildman–Crippen LogP) is 0.121. The summed E-state index contributed by atoms with van der Waals surface area (Å²) in [6.07, 6.45) is 6.12. The smallest absolute Gasteiger partial charge is 0.274 e. The van der Waals surface area contributed by atoms with Crippen LogP contribution in [0.3, 0.4) is 0 Å². The van der Waals surface area contributed by atoms with Crippen LogP contribution >= 0.6 is 0 Å². The Bertz CT molecular complexity index is 631. The van der Waals surface area contributed by atoms with Gasteiger partial charge >= 0.3 is 0 Å². The molecule has 1 aliphatic heterocycles. The van der Waals surface area contributed by atoms with E-state index in [1.54, 1.807) is 6.07 Å². The molecule has 1 saturated heterocycles. The Morgan fingerprint density at radius 1 is 1.45 bits per heavy atom. The van der Waals surface area contributed by atoms with Crippen LogP contribution in [0, 0.1) is 0 Å². The molecule has 7 heteroatoms. The van der Waals surface area contributed by atoms with Crippen LogP contribution < -0.4 is 11.3 Å². The summed E-state index contributed by atoms with van der Waals surface area (Å²) in [7, 11) is 0. The Kier molecular flexibility index (Phi) is 3.79. The first-order valence-electron chi connectivity index (χ1n) is 7.14. The number of aromatic nitrogens is 4. The van der Waals surface area contributed by atoms with E-state index in [9.17, 15) is 4.79 Å². The van der Waals surface area contributed by atoms with Crippen molar-refractivity contribution in [2.45, 2.75) is 38.3 Å². The third-order valence-corrected chi connectivity index (χ3v) is 3.93. The average Bonchev–Trinajstić information content (AvgIpc) is 2.90. The van der Waals surface area contributed by atoms with Crippen molar-refractivity contribution in [3.8, 4) is 0 Å². The normalized spacial score (nSPS) is 20.6. The van der Waals surface area contributed by atoms with E-state index in [2.05, 4.69) is 20.0 Å². The van der Waals surface area contributed by atoms with Gasteiger partial charge in [0.25, 0.3) is 11.3 Å². The van der Waals surface area contributed by atoms with Crippen molar-refractivity contribution in [2.75, 3.05) is 13.1 Å². The highest BCUT2D eigenvalue weighted by Crippen LogP contribution is 2.20. The highest BCUT2D eigenvalue weighted by molar-refractivity contribution is 5.26. The minimum absolute atomic E-state index is 0.116. The summed E-state index contributed by atoms with van der Waals surface area (Å²) in [5, 5.41) is 2.75. The fourth-order valence-electron chi connectivity index (χ4n) is 2.95. The van der Waals surface area contributed by atoms with E-state index in [4.69, 9.17) is 5.73 Å². The second-order valence-electron chi connectivity index (χ2n) is 5.31. The first-order chi connectivity index (χ1) is 9.78. The zero-order chi connectivity index (χ0) is 13.9. The zero-order valence-corrected chi connectivity index (χ0v) is 11.5. The Morgan fingerprint density at radius 3 is 3.20 bits per heavy atom. The number of nitrogens with one attached hydrogen (secondary N) is 1. The number of aromatic amines is 1. The second-order valence-corrected chi connectivity index (χ2v) is 5.31. The molecule has 3 heterocycles. The summed E-state index contributed by atoms with van der Waals surface area (Å²) < 4.78 is 1.34. The molecule has 0 spiro atoms. The molecule has 3 N–H and O–H groups in total. The lowest BCUT2D eigenvalue weighted by Gasteiger charge is -2.35. The molecular formula is C13H20N6O. The molecule has 0 aliphatic carbocycles. The first kappa shape index (κ1) is 13.3. The Balaban J connectivity index is 1.82. The molecule has 2 aromatic heterocycles. The van der Waals surface area contributed by atoms with E-state index < -0.39 is 0 Å². The molecule has 0 radical (unpaired) electrons. The van der Waals surface area contributed by atoms with Crippen molar-refractivity contribution in [3.05, 3.63) is 28.4 Å². The van der Waals surface area contributed by atoms with E-state index in [1.807, 2.05) is 0 Å². The van der Waals surface area contributed by atoms with Gasteiger partial charge in [-0.25, -0.2) is 9.97 Å². The summed E-state index contributed by atoms with van der Waals surface area (Å²) >= 11 is 0. The van der Waals surface area contributed by atoms with Gasteiger partial charge in [0.15, 0.2) is 0 Å². The minimum atomic E-state index is -0.116. The molecule has 1 atom stereocenters. The quantitative estimate of drug-likeness (QED) is 0.827. The zero-order valence-electron chi connectivity index (χ0n) is 11.5. The third-order valence-electron chi connectivity index (χ3n) is 3.93. The maximum atomic E-state index is 11.9. The predicted molar refractivity (Wildman–Crippen MR) is 75.3 cm³/mol. The van der Waals surface area contributed by atoms with Crippen LogP contribution in [0.2, 0.25) is 0 Å². The summed E-state index contributed by atoms with van der Waals surface area (Å²) in [6, 6.07) is 2.09. The highest BCUT2D eigenvalue weighted by atomic mass is 16.1. The average molecular weight is 276 g/mol. The van der Waals surface area contributed by atoms with Crippen molar-refractivity contribution in [3.63, 3.8) is 0 Å². The van der Waals surface area contributed by atoms with Gasteiger partial charge in [-0.1, -0.05) is 6.42 Å². The molecule has 1 fully saturated rings. The van der Waals surface area contributed by atoms with Crippen LogP contribution in [0.5, 0.6) is 0 Å². The summed E-state index contributed by atoms with van der Waals surface area (Å²) in [6.45, 7) is 2.45. The third kappa shape index (κ3) is 2.59. The van der Waals surface area contributed by atoms with Crippen molar-refractivity contribution in [1.82, 2.24) is 24.5 Å². The molecule has 0 aromatic carbocycles. The number of likely N-dealkylation sites (tertiary alicyclic amines) is 1. The summed E-state index contributed by atoms with van der Waals surface area (Å²) in [5.41, 5.74) is 6.36. The van der Waals surface area contributed by atoms with Gasteiger partial charge < -0.3 is 5.73 Å². The van der Waals surface area contributed by atoms with Crippen molar-refractivity contribution < 1.29 is 0 Å². The lowest BCUT2D eigenvalue weighted by Crippen LogP contribution is -2.40. The topological polar surface area (TPSA) is 92.3 Å². The lowest BCUT2D eigenvalue weighted by atomic mass is 9.99. The van der Waals surface area contributed by atoms with Crippen LogP contribution in [-0.2, 0) is 6.54 Å². The van der Waals surface area contributed by atoms with Crippen molar-refractivity contribution >= 4 is 5.78 Å². The number of hydrogen-bond acceptors (Lipinski definition) is 5. The van der Waals surface area contributed by atoms with Gasteiger partial charge in [0, 0.05) is 18.7 Å². The van der Waals surface area contributed by atoms with Gasteiger partial charge in [0.1, 0.15) is 6.33 Å². The van der Waals surface area contributed by atoms with Gasteiger partial charge in [-0.2, -0.15) is 4.52 Å². The van der Waals surface area contributed by atoms with Gasteiger partial charge in [-0.15, -0.1) is 0 Å². The molecule has 7 nitrogen and oxygen atoms in total. The van der Waals surface area contributed by atoms with Crippen LogP contribution in [0.4, 0.5) is 0 Å².